The summed E-state index contributed by atoms with van der Waals surface area (Å²) in [6.07, 6.45) is 2.78. The number of anilines is 2. The Morgan fingerprint density at radius 3 is 2.72 bits per heavy atom. The van der Waals surface area contributed by atoms with Crippen molar-refractivity contribution < 1.29 is 4.74 Å². The number of pyridine rings is 1. The molecule has 0 saturated carbocycles. The smallest absolute Gasteiger partial charge is 0.258 e. The number of aryl methyl sites for hydroxylation is 2. The Kier molecular flexibility index (Phi) is 5.07. The van der Waals surface area contributed by atoms with E-state index < -0.39 is 0 Å². The topological polar surface area (TPSA) is 103 Å². The highest BCUT2D eigenvalue weighted by molar-refractivity contribution is 5.64. The second-order valence-corrected chi connectivity index (χ2v) is 7.69. The normalized spacial score (nSPS) is 13.9. The maximum absolute atomic E-state index is 6.01. The van der Waals surface area contributed by atoms with E-state index in [1.807, 2.05) is 13.0 Å². The summed E-state index contributed by atoms with van der Waals surface area (Å²) in [5, 5.41) is 0. The first-order valence-corrected chi connectivity index (χ1v) is 9.68. The Morgan fingerprint density at radius 1 is 1.10 bits per heavy atom. The summed E-state index contributed by atoms with van der Waals surface area (Å²) in [6, 6.07) is 8.08. The molecule has 0 atom stereocenters. The fourth-order valence-electron chi connectivity index (χ4n) is 3.84. The number of likely N-dealkylation sites (N-methyl/N-ethyl adjacent to an activating group) is 1. The van der Waals surface area contributed by atoms with Crippen LogP contribution in [0.1, 0.15) is 27.9 Å². The molecule has 7 heteroatoms. The molecule has 150 valence electrons. The lowest BCUT2D eigenvalue weighted by Crippen LogP contribution is -2.27. The largest absolute Gasteiger partial charge is 0.470 e. The third-order valence-electron chi connectivity index (χ3n) is 5.22. The van der Waals surface area contributed by atoms with E-state index in [1.54, 1.807) is 12.3 Å². The Morgan fingerprint density at radius 2 is 1.93 bits per heavy atom. The molecule has 3 heterocycles. The van der Waals surface area contributed by atoms with Crippen LogP contribution in [0.5, 0.6) is 5.88 Å². The van der Waals surface area contributed by atoms with Crippen LogP contribution >= 0.6 is 0 Å². The molecule has 7 nitrogen and oxygen atoms in total. The van der Waals surface area contributed by atoms with Crippen LogP contribution in [0.2, 0.25) is 0 Å². The molecule has 1 aliphatic rings. The molecule has 3 aromatic rings. The lowest BCUT2D eigenvalue weighted by molar-refractivity contribution is 0.295. The van der Waals surface area contributed by atoms with Crippen LogP contribution in [0, 0.1) is 13.8 Å². The average molecular weight is 390 g/mol. The van der Waals surface area contributed by atoms with Crippen LogP contribution in [0.3, 0.4) is 0 Å². The van der Waals surface area contributed by atoms with Gasteiger partial charge < -0.3 is 21.1 Å². The lowest BCUT2D eigenvalue weighted by atomic mass is 9.92. The number of fused-ring (bicyclic) bond motifs is 1. The second-order valence-electron chi connectivity index (χ2n) is 7.69. The quantitative estimate of drug-likeness (QED) is 0.706. The third-order valence-corrected chi connectivity index (χ3v) is 5.22. The number of hydrogen-bond donors (Lipinski definition) is 2. The predicted molar refractivity (Wildman–Crippen MR) is 114 cm³/mol. The molecule has 1 aromatic carbocycles. The molecule has 0 aliphatic carbocycles. The standard InChI is InChI=1S/C22H26N6O/c1-13-6-16(9-17-11-28(3)5-4-18(13)17)19-10-25-21(24)22(27-19)29-12-15-7-14(2)26-20(23)8-15/h6-10H,4-5,11-12H2,1-3H3,(H2,23,26)(H2,24,25). The van der Waals surface area contributed by atoms with Gasteiger partial charge in [-0.15, -0.1) is 0 Å². The molecule has 0 spiro atoms. The third kappa shape index (κ3) is 4.14. The Bertz CT molecular complexity index is 1050. The van der Waals surface area contributed by atoms with Crippen LogP contribution in [-0.2, 0) is 19.6 Å². The number of aromatic nitrogens is 3. The molecule has 0 saturated heterocycles. The monoisotopic (exact) mass is 390 g/mol. The van der Waals surface area contributed by atoms with Crippen molar-refractivity contribution in [3.8, 4) is 17.1 Å². The molecule has 0 unspecified atom stereocenters. The van der Waals surface area contributed by atoms with Crippen LogP contribution in [0.4, 0.5) is 11.6 Å². The molecule has 0 radical (unpaired) electrons. The zero-order chi connectivity index (χ0) is 20.5. The van der Waals surface area contributed by atoms with Crippen molar-refractivity contribution in [3.05, 3.63) is 58.4 Å². The molecule has 29 heavy (non-hydrogen) atoms. The number of benzene rings is 1. The summed E-state index contributed by atoms with van der Waals surface area (Å²) in [4.78, 5) is 15.4. The highest BCUT2D eigenvalue weighted by Crippen LogP contribution is 2.30. The summed E-state index contributed by atoms with van der Waals surface area (Å²) < 4.78 is 5.86. The van der Waals surface area contributed by atoms with Gasteiger partial charge in [-0.2, -0.15) is 0 Å². The fraction of sp³-hybridized carbons (Fsp3) is 0.318. The number of nitrogen functional groups attached to an aromatic ring is 2. The summed E-state index contributed by atoms with van der Waals surface area (Å²) in [5.74, 6) is 1.05. The van der Waals surface area contributed by atoms with Crippen LogP contribution in [-0.4, -0.2) is 33.4 Å². The van der Waals surface area contributed by atoms with Gasteiger partial charge in [0.05, 0.1) is 11.9 Å². The number of rotatable bonds is 4. The SMILES string of the molecule is Cc1cc(COc2nc(-c3cc(C)c4c(c3)CN(C)CC4)cnc2N)cc(N)n1. The van der Waals surface area contributed by atoms with Gasteiger partial charge in [-0.3, -0.25) is 0 Å². The fourth-order valence-corrected chi connectivity index (χ4v) is 3.84. The van der Waals surface area contributed by atoms with Crippen molar-refractivity contribution in [2.75, 3.05) is 25.1 Å². The molecular weight excluding hydrogens is 364 g/mol. The molecule has 2 aromatic heterocycles. The van der Waals surface area contributed by atoms with Gasteiger partial charge in [-0.25, -0.2) is 15.0 Å². The summed E-state index contributed by atoms with van der Waals surface area (Å²) >= 11 is 0. The summed E-state index contributed by atoms with van der Waals surface area (Å²) in [6.45, 7) is 6.38. The maximum Gasteiger partial charge on any atom is 0.258 e. The molecule has 0 amide bonds. The van der Waals surface area contributed by atoms with E-state index in [0.29, 0.717) is 18.3 Å². The minimum Gasteiger partial charge on any atom is -0.470 e. The van der Waals surface area contributed by atoms with Gasteiger partial charge in [0.15, 0.2) is 5.82 Å². The van der Waals surface area contributed by atoms with Gasteiger partial charge in [0.2, 0.25) is 0 Å². The number of nitrogens with zero attached hydrogens (tertiary/aromatic N) is 4. The van der Waals surface area contributed by atoms with Gasteiger partial charge in [0.25, 0.3) is 5.88 Å². The van der Waals surface area contributed by atoms with E-state index >= 15 is 0 Å². The minimum absolute atomic E-state index is 0.266. The van der Waals surface area contributed by atoms with Crippen molar-refractivity contribution in [2.24, 2.45) is 0 Å². The number of nitrogens with two attached hydrogens (primary N) is 2. The maximum atomic E-state index is 6.01. The predicted octanol–water partition coefficient (Wildman–Crippen LogP) is 2.89. The lowest BCUT2D eigenvalue weighted by Gasteiger charge is -2.27. The highest BCUT2D eigenvalue weighted by Gasteiger charge is 2.17. The van der Waals surface area contributed by atoms with Crippen molar-refractivity contribution in [1.29, 1.82) is 0 Å². The first-order valence-electron chi connectivity index (χ1n) is 9.68. The van der Waals surface area contributed by atoms with E-state index in [1.165, 1.54) is 16.7 Å². The van der Waals surface area contributed by atoms with E-state index in [0.717, 1.165) is 42.0 Å². The zero-order valence-electron chi connectivity index (χ0n) is 17.1. The van der Waals surface area contributed by atoms with Crippen LogP contribution in [0.25, 0.3) is 11.3 Å². The first-order chi connectivity index (χ1) is 13.9. The van der Waals surface area contributed by atoms with E-state index in [9.17, 15) is 0 Å². The van der Waals surface area contributed by atoms with Gasteiger partial charge in [0, 0.05) is 24.3 Å². The minimum atomic E-state index is 0.266. The molecule has 1 aliphatic heterocycles. The van der Waals surface area contributed by atoms with Crippen LogP contribution < -0.4 is 16.2 Å². The van der Waals surface area contributed by atoms with E-state index in [4.69, 9.17) is 16.2 Å². The molecular formula is C22H26N6O. The van der Waals surface area contributed by atoms with Gasteiger partial charge in [-0.1, -0.05) is 0 Å². The van der Waals surface area contributed by atoms with E-state index in [2.05, 4.69) is 46.0 Å². The number of hydrogen-bond acceptors (Lipinski definition) is 7. The molecule has 4 N–H and O–H groups in total. The molecule has 0 bridgehead atoms. The van der Waals surface area contributed by atoms with Crippen molar-refractivity contribution >= 4 is 11.6 Å². The number of ether oxygens (including phenoxy) is 1. The van der Waals surface area contributed by atoms with Crippen molar-refractivity contribution in [1.82, 2.24) is 19.9 Å². The Labute approximate surface area is 170 Å². The molecule has 4 rings (SSSR count). The zero-order valence-corrected chi connectivity index (χ0v) is 17.1. The van der Waals surface area contributed by atoms with Gasteiger partial charge >= 0.3 is 0 Å². The highest BCUT2D eigenvalue weighted by atomic mass is 16.5. The van der Waals surface area contributed by atoms with E-state index in [-0.39, 0.29) is 5.82 Å². The van der Waals surface area contributed by atoms with Crippen molar-refractivity contribution in [3.63, 3.8) is 0 Å². The molecule has 0 fully saturated rings. The van der Waals surface area contributed by atoms with Crippen LogP contribution in [0.15, 0.2) is 30.5 Å². The van der Waals surface area contributed by atoms with Crippen molar-refractivity contribution in [2.45, 2.75) is 33.4 Å². The van der Waals surface area contributed by atoms with Gasteiger partial charge in [-0.05, 0) is 73.8 Å². The first kappa shape index (κ1) is 19.1. The average Bonchev–Trinajstić information content (AvgIpc) is 2.66. The summed E-state index contributed by atoms with van der Waals surface area (Å²) in [7, 11) is 2.15. The Balaban J connectivity index is 1.61. The second kappa shape index (κ2) is 7.67. The Hall–Kier alpha value is -3.19. The summed E-state index contributed by atoms with van der Waals surface area (Å²) in [5.41, 5.74) is 19.4. The van der Waals surface area contributed by atoms with Gasteiger partial charge in [0.1, 0.15) is 12.4 Å².